The fourth-order valence-electron chi connectivity index (χ4n) is 3.96. The lowest BCUT2D eigenvalue weighted by molar-refractivity contribution is -0.274. The summed E-state index contributed by atoms with van der Waals surface area (Å²) in [5, 5.41) is 31.1. The molecule has 1 fully saturated rings. The Morgan fingerprint density at radius 3 is 2.51 bits per heavy atom. The fraction of sp³-hybridized carbons (Fsp3) is 0.364. The second kappa shape index (κ2) is 11.0. The Balaban J connectivity index is 1.28. The van der Waals surface area contributed by atoms with Crippen molar-refractivity contribution in [2.45, 2.75) is 50.4 Å². The van der Waals surface area contributed by atoms with Crippen molar-refractivity contribution >= 4 is 33.5 Å². The summed E-state index contributed by atoms with van der Waals surface area (Å²) >= 11 is 1.06. The van der Waals surface area contributed by atoms with E-state index in [1.165, 1.54) is 6.20 Å². The zero-order valence-corrected chi connectivity index (χ0v) is 19.8. The van der Waals surface area contributed by atoms with Crippen LogP contribution in [0.4, 0.5) is 27.8 Å². The number of carboxylic acid groups (broad SMARTS) is 1. The molecule has 15 heteroatoms. The molecular weight excluding hydrogens is 520 g/mol. The van der Waals surface area contributed by atoms with Gasteiger partial charge in [0.05, 0.1) is 23.9 Å². The van der Waals surface area contributed by atoms with Crippen molar-refractivity contribution in [2.24, 2.45) is 0 Å². The molecule has 0 bridgehead atoms. The van der Waals surface area contributed by atoms with Gasteiger partial charge in [-0.1, -0.05) is 11.3 Å². The highest BCUT2D eigenvalue weighted by molar-refractivity contribution is 7.19. The normalized spacial score (nSPS) is 17.7. The zero-order valence-electron chi connectivity index (χ0n) is 19.0. The molecule has 1 amide bonds. The lowest BCUT2D eigenvalue weighted by Crippen LogP contribution is -2.25. The van der Waals surface area contributed by atoms with E-state index in [9.17, 15) is 27.2 Å². The summed E-state index contributed by atoms with van der Waals surface area (Å²) in [5.74, 6) is -3.12. The summed E-state index contributed by atoms with van der Waals surface area (Å²) in [7, 11) is 0. The largest absolute Gasteiger partial charge is 0.573 e. The Morgan fingerprint density at radius 1 is 1.08 bits per heavy atom. The molecule has 1 aliphatic rings. The van der Waals surface area contributed by atoms with Gasteiger partial charge in [0.15, 0.2) is 0 Å². The molecule has 4 rings (SSSR count). The lowest BCUT2D eigenvalue weighted by Gasteiger charge is -2.28. The minimum Gasteiger partial charge on any atom is -0.478 e. The molecule has 3 N–H and O–H groups in total. The van der Waals surface area contributed by atoms with Gasteiger partial charge < -0.3 is 20.5 Å². The number of anilines is 2. The van der Waals surface area contributed by atoms with Crippen LogP contribution in [0.2, 0.25) is 0 Å². The van der Waals surface area contributed by atoms with Crippen molar-refractivity contribution in [3.8, 4) is 5.75 Å². The number of halogens is 4. The van der Waals surface area contributed by atoms with Crippen LogP contribution in [0, 0.1) is 5.82 Å². The SMILES string of the molecule is O=C(Cc1cc(OC(F)(F)F)ccc1F)Nc1nnc(N[C@H]2CC[C@H](c3cc(C(=O)O)cnn3)CC2)s1. The van der Waals surface area contributed by atoms with Crippen LogP contribution in [-0.2, 0) is 11.2 Å². The van der Waals surface area contributed by atoms with Crippen LogP contribution in [0.1, 0.15) is 53.2 Å². The summed E-state index contributed by atoms with van der Waals surface area (Å²) in [6, 6.07) is 4.05. The second-order valence-corrected chi connectivity index (χ2v) is 9.28. The molecule has 196 valence electrons. The van der Waals surface area contributed by atoms with Gasteiger partial charge in [-0.2, -0.15) is 10.2 Å². The molecule has 2 aromatic heterocycles. The van der Waals surface area contributed by atoms with Crippen LogP contribution in [0.25, 0.3) is 0 Å². The molecule has 1 aromatic carbocycles. The van der Waals surface area contributed by atoms with Crippen LogP contribution in [0.3, 0.4) is 0 Å². The third-order valence-corrected chi connectivity index (χ3v) is 6.44. The van der Waals surface area contributed by atoms with E-state index in [-0.39, 0.29) is 28.2 Å². The summed E-state index contributed by atoms with van der Waals surface area (Å²) in [6.07, 6.45) is -1.20. The molecule has 0 saturated heterocycles. The predicted octanol–water partition coefficient (Wildman–Crippen LogP) is 4.38. The Morgan fingerprint density at radius 2 is 1.81 bits per heavy atom. The molecule has 0 aliphatic heterocycles. The third kappa shape index (κ3) is 7.31. The van der Waals surface area contributed by atoms with Gasteiger partial charge in [-0.15, -0.1) is 23.4 Å². The monoisotopic (exact) mass is 540 g/mol. The van der Waals surface area contributed by atoms with Crippen molar-refractivity contribution in [3.63, 3.8) is 0 Å². The van der Waals surface area contributed by atoms with E-state index in [0.29, 0.717) is 10.8 Å². The van der Waals surface area contributed by atoms with E-state index in [4.69, 9.17) is 5.11 Å². The number of hydrogen-bond acceptors (Lipinski definition) is 9. The number of nitrogens with one attached hydrogen (secondary N) is 2. The molecule has 3 aromatic rings. The second-order valence-electron chi connectivity index (χ2n) is 8.31. The number of aromatic nitrogens is 4. The molecule has 0 spiro atoms. The maximum absolute atomic E-state index is 14.0. The van der Waals surface area contributed by atoms with Gasteiger partial charge in [-0.25, -0.2) is 9.18 Å². The van der Waals surface area contributed by atoms with Crippen molar-refractivity contribution in [1.82, 2.24) is 20.4 Å². The molecule has 2 heterocycles. The van der Waals surface area contributed by atoms with Crippen molar-refractivity contribution in [3.05, 3.63) is 53.1 Å². The van der Waals surface area contributed by atoms with E-state index < -0.39 is 36.2 Å². The highest BCUT2D eigenvalue weighted by Crippen LogP contribution is 2.34. The summed E-state index contributed by atoms with van der Waals surface area (Å²) in [4.78, 5) is 23.4. The number of carbonyl (C=O) groups excluding carboxylic acids is 1. The van der Waals surface area contributed by atoms with Gasteiger partial charge in [0.25, 0.3) is 0 Å². The number of aromatic carboxylic acids is 1. The molecule has 37 heavy (non-hydrogen) atoms. The number of hydrogen-bond donors (Lipinski definition) is 3. The average Bonchev–Trinajstić information content (AvgIpc) is 3.27. The van der Waals surface area contributed by atoms with Crippen LogP contribution in [-0.4, -0.2) is 49.8 Å². The minimum absolute atomic E-state index is 0.0776. The van der Waals surface area contributed by atoms with Crippen molar-refractivity contribution in [1.29, 1.82) is 0 Å². The molecule has 0 atom stereocenters. The number of amides is 1. The van der Waals surface area contributed by atoms with Gasteiger partial charge >= 0.3 is 12.3 Å². The third-order valence-electron chi connectivity index (χ3n) is 5.67. The number of nitrogens with zero attached hydrogens (tertiary/aromatic N) is 4. The Labute approximate surface area is 211 Å². The van der Waals surface area contributed by atoms with E-state index in [1.807, 2.05) is 0 Å². The maximum atomic E-state index is 14.0. The predicted molar refractivity (Wildman–Crippen MR) is 123 cm³/mol. The van der Waals surface area contributed by atoms with Crippen LogP contribution >= 0.6 is 11.3 Å². The van der Waals surface area contributed by atoms with Crippen LogP contribution in [0.5, 0.6) is 5.75 Å². The Hall–Kier alpha value is -3.88. The van der Waals surface area contributed by atoms with Crippen LogP contribution < -0.4 is 15.4 Å². The molecule has 1 aliphatic carbocycles. The number of carboxylic acids is 1. The lowest BCUT2D eigenvalue weighted by atomic mass is 9.84. The number of ether oxygens (including phenoxy) is 1. The van der Waals surface area contributed by atoms with Gasteiger partial charge in [0.1, 0.15) is 11.6 Å². The van der Waals surface area contributed by atoms with Crippen molar-refractivity contribution in [2.75, 3.05) is 10.6 Å². The minimum atomic E-state index is -4.94. The van der Waals surface area contributed by atoms with Gasteiger partial charge in [-0.05, 0) is 49.9 Å². The fourth-order valence-corrected chi connectivity index (χ4v) is 4.70. The summed E-state index contributed by atoms with van der Waals surface area (Å²) in [6.45, 7) is 0. The van der Waals surface area contributed by atoms with Crippen molar-refractivity contribution < 1.29 is 37.0 Å². The Bertz CT molecular complexity index is 1280. The van der Waals surface area contributed by atoms with Gasteiger partial charge in [0.2, 0.25) is 16.2 Å². The number of rotatable bonds is 8. The zero-order chi connectivity index (χ0) is 26.6. The smallest absolute Gasteiger partial charge is 0.478 e. The molecule has 0 unspecified atom stereocenters. The number of alkyl halides is 3. The molecule has 10 nitrogen and oxygen atoms in total. The summed E-state index contributed by atoms with van der Waals surface area (Å²) in [5.41, 5.74) is 0.474. The van der Waals surface area contributed by atoms with E-state index in [2.05, 4.69) is 35.8 Å². The first-order chi connectivity index (χ1) is 17.6. The van der Waals surface area contributed by atoms with E-state index >= 15 is 0 Å². The Kier molecular flexibility index (Phi) is 7.80. The maximum Gasteiger partial charge on any atom is 0.573 e. The van der Waals surface area contributed by atoms with E-state index in [1.54, 1.807) is 6.07 Å². The molecule has 0 radical (unpaired) electrons. The first-order valence-electron chi connectivity index (χ1n) is 11.1. The topological polar surface area (TPSA) is 139 Å². The highest BCUT2D eigenvalue weighted by atomic mass is 32.1. The van der Waals surface area contributed by atoms with Gasteiger partial charge in [-0.3, -0.25) is 4.79 Å². The standard InChI is InChI=1S/C22H20F4N6O4S/c23-16-6-5-15(36-22(24,25)26)7-12(16)9-18(33)29-21-32-31-20(37-21)28-14-3-1-11(2-4-14)17-8-13(19(34)35)10-27-30-17/h5-8,10-11,14H,1-4,9H2,(H,28,31)(H,34,35)(H,29,32,33)/t11-,14-. The molecular formula is C22H20F4N6O4S. The van der Waals surface area contributed by atoms with Crippen LogP contribution in [0.15, 0.2) is 30.5 Å². The number of benzene rings is 1. The van der Waals surface area contributed by atoms with Gasteiger partial charge in [0, 0.05) is 17.5 Å². The first-order valence-corrected chi connectivity index (χ1v) is 11.9. The van der Waals surface area contributed by atoms with E-state index in [0.717, 1.165) is 55.2 Å². The molecule has 1 saturated carbocycles. The first kappa shape index (κ1) is 26.2. The average molecular weight is 540 g/mol. The quantitative estimate of drug-likeness (QED) is 0.355. The number of carbonyl (C=O) groups is 2. The highest BCUT2D eigenvalue weighted by Gasteiger charge is 2.31. The summed E-state index contributed by atoms with van der Waals surface area (Å²) < 4.78 is 54.9.